The Balaban J connectivity index is 1.64. The summed E-state index contributed by atoms with van der Waals surface area (Å²) in [6.07, 6.45) is 1.08. The van der Waals surface area contributed by atoms with Crippen LogP contribution in [0.15, 0.2) is 28.1 Å². The van der Waals surface area contributed by atoms with Gasteiger partial charge in [0.15, 0.2) is 5.76 Å². The van der Waals surface area contributed by atoms with E-state index in [1.54, 1.807) is 11.3 Å². The van der Waals surface area contributed by atoms with Gasteiger partial charge in [-0.3, -0.25) is 4.90 Å². The Bertz CT molecular complexity index is 495. The molecule has 3 rings (SSSR count). The molecule has 0 aliphatic carbocycles. The molecule has 1 unspecified atom stereocenters. The number of thiophene rings is 1. The van der Waals surface area contributed by atoms with E-state index in [0.29, 0.717) is 5.92 Å². The van der Waals surface area contributed by atoms with Gasteiger partial charge in [-0.2, -0.15) is 0 Å². The summed E-state index contributed by atoms with van der Waals surface area (Å²) in [6, 6.07) is 6.05. The van der Waals surface area contributed by atoms with Crippen molar-refractivity contribution in [1.82, 2.24) is 10.1 Å². The van der Waals surface area contributed by atoms with Crippen LogP contribution in [0.5, 0.6) is 0 Å². The zero-order valence-electron chi connectivity index (χ0n) is 10.1. The number of aliphatic hydroxyl groups excluding tert-OH is 1. The highest BCUT2D eigenvalue weighted by Gasteiger charge is 2.22. The fourth-order valence-electron chi connectivity index (χ4n) is 2.36. The molecule has 1 atom stereocenters. The molecule has 1 fully saturated rings. The van der Waals surface area contributed by atoms with Crippen LogP contribution in [0.1, 0.15) is 12.1 Å². The van der Waals surface area contributed by atoms with Crippen LogP contribution in [-0.4, -0.2) is 34.9 Å². The van der Waals surface area contributed by atoms with Gasteiger partial charge in [-0.05, 0) is 30.3 Å². The first-order valence-electron chi connectivity index (χ1n) is 6.18. The minimum atomic E-state index is 0.287. The van der Waals surface area contributed by atoms with Gasteiger partial charge in [0, 0.05) is 25.8 Å². The summed E-state index contributed by atoms with van der Waals surface area (Å²) in [5, 5.41) is 15.3. The number of hydrogen-bond acceptors (Lipinski definition) is 5. The van der Waals surface area contributed by atoms with Gasteiger partial charge >= 0.3 is 0 Å². The second-order valence-electron chi connectivity index (χ2n) is 4.73. The smallest absolute Gasteiger partial charge is 0.177 e. The third-order valence-electron chi connectivity index (χ3n) is 3.34. The molecule has 18 heavy (non-hydrogen) atoms. The van der Waals surface area contributed by atoms with E-state index in [2.05, 4.69) is 10.1 Å². The first-order valence-corrected chi connectivity index (χ1v) is 7.06. The Labute approximate surface area is 110 Å². The maximum atomic E-state index is 9.12. The highest BCUT2D eigenvalue weighted by atomic mass is 32.1. The van der Waals surface area contributed by atoms with E-state index in [0.717, 1.165) is 42.4 Å². The molecule has 96 valence electrons. The van der Waals surface area contributed by atoms with Crippen LogP contribution in [0.2, 0.25) is 0 Å². The number of aliphatic hydroxyl groups is 1. The van der Waals surface area contributed by atoms with Crippen LogP contribution in [0.4, 0.5) is 0 Å². The Kier molecular flexibility index (Phi) is 3.45. The third kappa shape index (κ3) is 2.48. The normalized spacial score (nSPS) is 20.6. The van der Waals surface area contributed by atoms with Crippen molar-refractivity contribution in [3.8, 4) is 10.6 Å². The minimum absolute atomic E-state index is 0.287. The van der Waals surface area contributed by atoms with Gasteiger partial charge in [0.1, 0.15) is 0 Å². The molecule has 0 radical (unpaired) electrons. The van der Waals surface area contributed by atoms with Crippen molar-refractivity contribution in [2.24, 2.45) is 5.92 Å². The van der Waals surface area contributed by atoms with Gasteiger partial charge in [-0.15, -0.1) is 11.3 Å². The lowest BCUT2D eigenvalue weighted by Crippen LogP contribution is -2.21. The SMILES string of the molecule is OCC1CCN(Cc2cc(-c3cccs3)on2)C1. The highest BCUT2D eigenvalue weighted by molar-refractivity contribution is 7.13. The van der Waals surface area contributed by atoms with Gasteiger partial charge in [0.05, 0.1) is 10.6 Å². The Morgan fingerprint density at radius 3 is 3.22 bits per heavy atom. The lowest BCUT2D eigenvalue weighted by atomic mass is 10.1. The molecule has 4 nitrogen and oxygen atoms in total. The standard InChI is InChI=1S/C13H16N2O2S/c16-9-10-3-4-15(7-10)8-11-6-12(17-14-11)13-2-1-5-18-13/h1-2,5-6,10,16H,3-4,7-9H2. The van der Waals surface area contributed by atoms with Crippen LogP contribution in [-0.2, 0) is 6.54 Å². The molecule has 1 saturated heterocycles. The van der Waals surface area contributed by atoms with E-state index in [9.17, 15) is 0 Å². The zero-order chi connectivity index (χ0) is 12.4. The molecular formula is C13H16N2O2S. The summed E-state index contributed by atoms with van der Waals surface area (Å²) in [6.45, 7) is 3.09. The topological polar surface area (TPSA) is 49.5 Å². The van der Waals surface area contributed by atoms with E-state index in [1.165, 1.54) is 0 Å². The molecule has 5 heteroatoms. The van der Waals surface area contributed by atoms with Crippen LogP contribution in [0.3, 0.4) is 0 Å². The second-order valence-corrected chi connectivity index (χ2v) is 5.68. The second kappa shape index (κ2) is 5.22. The predicted octanol–water partition coefficient (Wildman–Crippen LogP) is 2.22. The molecule has 0 amide bonds. The minimum Gasteiger partial charge on any atom is -0.396 e. The van der Waals surface area contributed by atoms with Gasteiger partial charge in [-0.25, -0.2) is 0 Å². The zero-order valence-corrected chi connectivity index (χ0v) is 10.9. The van der Waals surface area contributed by atoms with Crippen LogP contribution < -0.4 is 0 Å². The predicted molar refractivity (Wildman–Crippen MR) is 70.3 cm³/mol. The van der Waals surface area contributed by atoms with Crippen molar-refractivity contribution >= 4 is 11.3 Å². The molecule has 2 aromatic heterocycles. The van der Waals surface area contributed by atoms with Crippen LogP contribution in [0.25, 0.3) is 10.6 Å². The van der Waals surface area contributed by atoms with Crippen molar-refractivity contribution in [3.05, 3.63) is 29.3 Å². The first-order chi connectivity index (χ1) is 8.85. The molecule has 3 heterocycles. The molecule has 0 spiro atoms. The van der Waals surface area contributed by atoms with Crippen molar-refractivity contribution in [1.29, 1.82) is 0 Å². The summed E-state index contributed by atoms with van der Waals surface area (Å²) < 4.78 is 5.36. The maximum absolute atomic E-state index is 9.12. The van der Waals surface area contributed by atoms with Crippen molar-refractivity contribution in [3.63, 3.8) is 0 Å². The molecular weight excluding hydrogens is 248 g/mol. The summed E-state index contributed by atoms with van der Waals surface area (Å²) >= 11 is 1.66. The average Bonchev–Trinajstić information content (AvgIpc) is 3.10. The van der Waals surface area contributed by atoms with Gasteiger partial charge in [-0.1, -0.05) is 11.2 Å². The lowest BCUT2D eigenvalue weighted by Gasteiger charge is -2.12. The summed E-state index contributed by atoms with van der Waals surface area (Å²) in [5.41, 5.74) is 0.969. The van der Waals surface area contributed by atoms with E-state index in [-0.39, 0.29) is 6.61 Å². The van der Waals surface area contributed by atoms with Crippen LogP contribution >= 0.6 is 11.3 Å². The van der Waals surface area contributed by atoms with E-state index >= 15 is 0 Å². The van der Waals surface area contributed by atoms with Crippen LogP contribution in [0, 0.1) is 5.92 Å². The Morgan fingerprint density at radius 1 is 1.56 bits per heavy atom. The summed E-state index contributed by atoms with van der Waals surface area (Å²) in [4.78, 5) is 3.43. The van der Waals surface area contributed by atoms with Crippen molar-refractivity contribution < 1.29 is 9.63 Å². The summed E-state index contributed by atoms with van der Waals surface area (Å²) in [7, 11) is 0. The number of hydrogen-bond donors (Lipinski definition) is 1. The fourth-order valence-corrected chi connectivity index (χ4v) is 3.03. The quantitative estimate of drug-likeness (QED) is 0.920. The number of rotatable bonds is 4. The molecule has 1 aliphatic heterocycles. The molecule has 2 aromatic rings. The molecule has 0 aromatic carbocycles. The maximum Gasteiger partial charge on any atom is 0.177 e. The molecule has 1 aliphatic rings. The monoisotopic (exact) mass is 264 g/mol. The van der Waals surface area contributed by atoms with Gasteiger partial charge < -0.3 is 9.63 Å². The Hall–Kier alpha value is -1.17. The van der Waals surface area contributed by atoms with Crippen molar-refractivity contribution in [2.45, 2.75) is 13.0 Å². The highest BCUT2D eigenvalue weighted by Crippen LogP contribution is 2.26. The van der Waals surface area contributed by atoms with Gasteiger partial charge in [0.2, 0.25) is 0 Å². The molecule has 1 N–H and O–H groups in total. The van der Waals surface area contributed by atoms with Gasteiger partial charge in [0.25, 0.3) is 0 Å². The average molecular weight is 264 g/mol. The Morgan fingerprint density at radius 2 is 2.50 bits per heavy atom. The summed E-state index contributed by atoms with van der Waals surface area (Å²) in [5.74, 6) is 1.27. The number of likely N-dealkylation sites (tertiary alicyclic amines) is 1. The molecule has 0 saturated carbocycles. The number of aromatic nitrogens is 1. The molecule has 0 bridgehead atoms. The lowest BCUT2D eigenvalue weighted by molar-refractivity contribution is 0.219. The van der Waals surface area contributed by atoms with E-state index in [1.807, 2.05) is 23.6 Å². The number of nitrogens with zero attached hydrogens (tertiary/aromatic N) is 2. The third-order valence-corrected chi connectivity index (χ3v) is 4.22. The fraction of sp³-hybridized carbons (Fsp3) is 0.462. The largest absolute Gasteiger partial charge is 0.396 e. The van der Waals surface area contributed by atoms with E-state index in [4.69, 9.17) is 9.63 Å². The van der Waals surface area contributed by atoms with Crippen molar-refractivity contribution in [2.75, 3.05) is 19.7 Å². The first kappa shape index (κ1) is 11.9. The van der Waals surface area contributed by atoms with E-state index < -0.39 is 0 Å².